The first-order chi connectivity index (χ1) is 20.3. The van der Waals surface area contributed by atoms with E-state index in [0.29, 0.717) is 32.8 Å². The molecule has 3 aliphatic heterocycles. The lowest BCUT2D eigenvalue weighted by atomic mass is 9.68. The van der Waals surface area contributed by atoms with E-state index in [1.807, 2.05) is 0 Å². The Labute approximate surface area is 263 Å². The fourth-order valence-electron chi connectivity index (χ4n) is 6.97. The summed E-state index contributed by atoms with van der Waals surface area (Å²) in [6, 6.07) is 9.72. The number of hydrogen-bond acceptors (Lipinski definition) is 8. The number of Topliss-reactive ketones (excluding diaryl/α,β-unsaturated/α-hetero) is 1. The molecule has 3 heterocycles. The van der Waals surface area contributed by atoms with Gasteiger partial charge in [0.1, 0.15) is 5.92 Å². The number of non-ortho nitro benzene ring substituents is 1. The first-order valence-electron chi connectivity index (χ1n) is 14.2. The Morgan fingerprint density at radius 1 is 1.09 bits per heavy atom. The third kappa shape index (κ3) is 5.06. The first-order valence-corrected chi connectivity index (χ1v) is 15.9. The molecule has 0 aromatic heterocycles. The van der Waals surface area contributed by atoms with Crippen LogP contribution < -0.4 is 5.06 Å². The number of carbonyl (C=O) groups excluding carboxylic acids is 3. The van der Waals surface area contributed by atoms with Crippen molar-refractivity contribution in [1.82, 2.24) is 4.90 Å². The van der Waals surface area contributed by atoms with Gasteiger partial charge in [-0.2, -0.15) is 0 Å². The van der Waals surface area contributed by atoms with Crippen molar-refractivity contribution >= 4 is 63.9 Å². The molecule has 0 radical (unpaired) electrons. The zero-order valence-corrected chi connectivity index (χ0v) is 26.4. The minimum absolute atomic E-state index is 0.0269. The summed E-state index contributed by atoms with van der Waals surface area (Å²) in [6.45, 7) is 8.16. The van der Waals surface area contributed by atoms with Crippen molar-refractivity contribution in [3.63, 3.8) is 0 Å². The fourth-order valence-corrected chi connectivity index (χ4v) is 9.25. The van der Waals surface area contributed by atoms with Gasteiger partial charge in [0.15, 0.2) is 11.9 Å². The summed E-state index contributed by atoms with van der Waals surface area (Å²) in [7, 11) is 0. The van der Waals surface area contributed by atoms with Gasteiger partial charge in [0.25, 0.3) is 11.6 Å². The number of allylic oxidation sites excluding steroid dienone is 1. The molecule has 2 aromatic rings. The molecular weight excluding hydrogens is 613 g/mol. The summed E-state index contributed by atoms with van der Waals surface area (Å²) in [6.07, 6.45) is 1.47. The van der Waals surface area contributed by atoms with E-state index in [1.165, 1.54) is 48.0 Å². The summed E-state index contributed by atoms with van der Waals surface area (Å²) < 4.78 is 0. The van der Waals surface area contributed by atoms with Crippen molar-refractivity contribution in [1.29, 1.82) is 0 Å². The highest BCUT2D eigenvalue weighted by Gasteiger charge is 2.62. The van der Waals surface area contributed by atoms with Gasteiger partial charge in [-0.3, -0.25) is 29.3 Å². The number of amides is 2. The summed E-state index contributed by atoms with van der Waals surface area (Å²) in [4.78, 5) is 59.8. The van der Waals surface area contributed by atoms with Gasteiger partial charge in [-0.05, 0) is 61.3 Å². The van der Waals surface area contributed by atoms with Gasteiger partial charge in [-0.25, -0.2) is 9.96 Å². The molecule has 3 fully saturated rings. The molecule has 1 saturated carbocycles. The molecule has 2 amide bonds. The molecule has 0 spiro atoms. The van der Waals surface area contributed by atoms with Crippen LogP contribution in [0.4, 0.5) is 11.4 Å². The third-order valence-corrected chi connectivity index (χ3v) is 11.2. The van der Waals surface area contributed by atoms with Crippen LogP contribution in [0.3, 0.4) is 0 Å². The molecule has 12 heteroatoms. The number of anilines is 1. The Bertz CT molecular complexity index is 1590. The lowest BCUT2D eigenvalue weighted by Gasteiger charge is -2.39. The molecule has 0 unspecified atom stereocenters. The van der Waals surface area contributed by atoms with Crippen LogP contribution >= 0.6 is 35.0 Å². The Kier molecular flexibility index (Phi) is 7.64. The maximum atomic E-state index is 14.4. The number of nitro groups is 1. The molecule has 0 bridgehead atoms. The molecule has 6 rings (SSSR count). The maximum absolute atomic E-state index is 14.4. The molecule has 4 aliphatic rings. The number of rotatable bonds is 5. The van der Waals surface area contributed by atoms with Gasteiger partial charge in [0.05, 0.1) is 21.7 Å². The number of nitrogens with zero attached hydrogens (tertiary/aromatic N) is 3. The number of ketones is 1. The van der Waals surface area contributed by atoms with Gasteiger partial charge >= 0.3 is 0 Å². The lowest BCUT2D eigenvalue weighted by Crippen LogP contribution is -2.36. The van der Waals surface area contributed by atoms with Gasteiger partial charge in [-0.15, -0.1) is 11.8 Å². The van der Waals surface area contributed by atoms with Crippen LogP contribution in [-0.4, -0.2) is 38.8 Å². The van der Waals surface area contributed by atoms with E-state index < -0.39 is 34.8 Å². The standard InChI is InChI=1S/C31H31Cl2N3O6S/c1-15(37)24-21-10-8-16(31(2,3)4)12-23(21)43-30(24)34-28(38)25-26(20-11-9-17(32)13-22(20)33)35(42-27(25)29(34)39)18-6-5-7-19(14-18)36(40)41/h5-7,9,11,13-14,16,21,23,25-27H,8,10,12H2,1-4H3/t16-,21+,23-,25+,26-,27-/m1/s1. The minimum atomic E-state index is -1.21. The largest absolute Gasteiger partial charge is 0.295 e. The summed E-state index contributed by atoms with van der Waals surface area (Å²) in [5.74, 6) is -1.78. The average molecular weight is 645 g/mol. The molecule has 226 valence electrons. The average Bonchev–Trinajstić information content (AvgIpc) is 3.58. The van der Waals surface area contributed by atoms with Crippen LogP contribution in [0.15, 0.2) is 53.1 Å². The van der Waals surface area contributed by atoms with E-state index in [9.17, 15) is 24.5 Å². The van der Waals surface area contributed by atoms with Crippen molar-refractivity contribution < 1.29 is 24.1 Å². The highest BCUT2D eigenvalue weighted by molar-refractivity contribution is 8.04. The van der Waals surface area contributed by atoms with Gasteiger partial charge in [0.2, 0.25) is 5.91 Å². The van der Waals surface area contributed by atoms with E-state index in [1.54, 1.807) is 18.2 Å². The van der Waals surface area contributed by atoms with Crippen molar-refractivity contribution in [2.24, 2.45) is 23.2 Å². The second-order valence-corrected chi connectivity index (χ2v) is 14.8. The predicted molar refractivity (Wildman–Crippen MR) is 164 cm³/mol. The number of imide groups is 1. The minimum Gasteiger partial charge on any atom is -0.295 e. The number of fused-ring (bicyclic) bond motifs is 2. The highest BCUT2D eigenvalue weighted by Crippen LogP contribution is 2.57. The SMILES string of the molecule is CC(=O)C1=C(N2C(=O)[C@H]3[C@@H](c4ccc(Cl)cc4Cl)N(c4cccc([N+](=O)[O-])c4)O[C@H]3C2=O)S[C@@H]2C[C@H](C(C)(C)C)CC[C@H]12. The van der Waals surface area contributed by atoms with Crippen LogP contribution in [0.25, 0.3) is 0 Å². The second kappa shape index (κ2) is 10.9. The number of nitro benzene ring substituents is 1. The van der Waals surface area contributed by atoms with Crippen LogP contribution in [0.1, 0.15) is 58.6 Å². The van der Waals surface area contributed by atoms with E-state index in [-0.39, 0.29) is 33.1 Å². The normalized spacial score (nSPS) is 28.9. The zero-order chi connectivity index (χ0) is 31.0. The molecule has 2 aromatic carbocycles. The van der Waals surface area contributed by atoms with Crippen molar-refractivity contribution in [2.45, 2.75) is 64.4 Å². The molecule has 1 aliphatic carbocycles. The van der Waals surface area contributed by atoms with Crippen molar-refractivity contribution in [2.75, 3.05) is 5.06 Å². The molecular formula is C31H31Cl2N3O6S. The van der Waals surface area contributed by atoms with Crippen molar-refractivity contribution in [3.05, 3.63) is 78.8 Å². The molecule has 2 saturated heterocycles. The third-order valence-electron chi connectivity index (χ3n) is 9.15. The van der Waals surface area contributed by atoms with Crippen LogP contribution in [-0.2, 0) is 19.2 Å². The number of likely N-dealkylation sites (tertiary alicyclic amines) is 1. The Balaban J connectivity index is 1.40. The van der Waals surface area contributed by atoms with E-state index >= 15 is 0 Å². The Hall–Kier alpha value is -2.92. The number of benzene rings is 2. The topological polar surface area (TPSA) is 110 Å². The van der Waals surface area contributed by atoms with Crippen molar-refractivity contribution in [3.8, 4) is 0 Å². The fraction of sp³-hybridized carbons (Fsp3) is 0.452. The number of carbonyl (C=O) groups is 3. The lowest BCUT2D eigenvalue weighted by molar-refractivity contribution is -0.384. The van der Waals surface area contributed by atoms with Crippen LogP contribution in [0.5, 0.6) is 0 Å². The predicted octanol–water partition coefficient (Wildman–Crippen LogP) is 7.13. The smallest absolute Gasteiger partial charge is 0.271 e. The maximum Gasteiger partial charge on any atom is 0.271 e. The number of hydroxylamine groups is 1. The quantitative estimate of drug-likeness (QED) is 0.192. The number of thioether (sulfide) groups is 1. The molecule has 0 N–H and O–H groups in total. The summed E-state index contributed by atoms with van der Waals surface area (Å²) >= 11 is 14.3. The van der Waals surface area contributed by atoms with E-state index in [0.717, 1.165) is 24.2 Å². The highest BCUT2D eigenvalue weighted by atomic mass is 35.5. The Morgan fingerprint density at radius 3 is 2.49 bits per heavy atom. The van der Waals surface area contributed by atoms with Crippen LogP contribution in [0.2, 0.25) is 10.0 Å². The number of hydrogen-bond donors (Lipinski definition) is 0. The summed E-state index contributed by atoms with van der Waals surface area (Å²) in [5.41, 5.74) is 1.25. The van der Waals surface area contributed by atoms with E-state index in [4.69, 9.17) is 28.0 Å². The van der Waals surface area contributed by atoms with Gasteiger partial charge in [-0.1, -0.05) is 56.1 Å². The van der Waals surface area contributed by atoms with E-state index in [2.05, 4.69) is 20.8 Å². The zero-order valence-electron chi connectivity index (χ0n) is 24.1. The molecule has 43 heavy (non-hydrogen) atoms. The van der Waals surface area contributed by atoms with Gasteiger partial charge in [0, 0.05) is 38.9 Å². The molecule has 9 nitrogen and oxygen atoms in total. The molecule has 6 atom stereocenters. The monoisotopic (exact) mass is 643 g/mol. The number of halogens is 2. The first kappa shape index (κ1) is 30.1. The van der Waals surface area contributed by atoms with Crippen LogP contribution in [0, 0.1) is 33.3 Å². The second-order valence-electron chi connectivity index (χ2n) is 12.7. The summed E-state index contributed by atoms with van der Waals surface area (Å²) in [5, 5.41) is 14.0. The van der Waals surface area contributed by atoms with Gasteiger partial charge < -0.3 is 0 Å². The Morgan fingerprint density at radius 2 is 1.84 bits per heavy atom.